The zero-order valence-electron chi connectivity index (χ0n) is 8.55. The van der Waals surface area contributed by atoms with E-state index in [2.05, 4.69) is 22.9 Å². The molecule has 1 rings (SSSR count). The third kappa shape index (κ3) is 3.22. The summed E-state index contributed by atoms with van der Waals surface area (Å²) in [5.41, 5.74) is 0. The van der Waals surface area contributed by atoms with Gasteiger partial charge in [-0.1, -0.05) is 6.92 Å². The van der Waals surface area contributed by atoms with Crippen LogP contribution in [0.3, 0.4) is 0 Å². The van der Waals surface area contributed by atoms with Crippen LogP contribution in [0, 0.1) is 0 Å². The fourth-order valence-corrected chi connectivity index (χ4v) is 1.42. The van der Waals surface area contributed by atoms with Crippen molar-refractivity contribution in [3.05, 3.63) is 22.7 Å². The van der Waals surface area contributed by atoms with Gasteiger partial charge in [0.15, 0.2) is 0 Å². The number of hydrogen-bond donors (Lipinski definition) is 0. The lowest BCUT2D eigenvalue weighted by molar-refractivity contribution is 0.308. The molecule has 0 bridgehead atoms. The van der Waals surface area contributed by atoms with Crippen LogP contribution in [0.1, 0.15) is 20.3 Å². The van der Waals surface area contributed by atoms with Gasteiger partial charge in [-0.3, -0.25) is 0 Å². The summed E-state index contributed by atoms with van der Waals surface area (Å²) in [6.07, 6.45) is 1.01. The third-order valence-electron chi connectivity index (χ3n) is 1.68. The van der Waals surface area contributed by atoms with Crippen molar-refractivity contribution >= 4 is 15.9 Å². The monoisotopic (exact) mass is 258 g/mol. The minimum atomic E-state index is 0.663. The Bertz CT molecular complexity index is 287. The summed E-state index contributed by atoms with van der Waals surface area (Å²) in [7, 11) is 0. The second-order valence-electron chi connectivity index (χ2n) is 2.87. The van der Waals surface area contributed by atoms with Gasteiger partial charge < -0.3 is 9.47 Å². The van der Waals surface area contributed by atoms with Gasteiger partial charge in [0, 0.05) is 6.07 Å². The number of hydrogen-bond acceptors (Lipinski definition) is 2. The summed E-state index contributed by atoms with van der Waals surface area (Å²) in [6.45, 7) is 5.46. The lowest BCUT2D eigenvalue weighted by Gasteiger charge is -2.09. The smallest absolute Gasteiger partial charge is 0.137 e. The normalized spacial score (nSPS) is 9.93. The van der Waals surface area contributed by atoms with Crippen molar-refractivity contribution in [3.8, 4) is 11.5 Å². The summed E-state index contributed by atoms with van der Waals surface area (Å²) < 4.78 is 11.9. The van der Waals surface area contributed by atoms with E-state index in [-0.39, 0.29) is 0 Å². The van der Waals surface area contributed by atoms with Crippen LogP contribution < -0.4 is 9.47 Å². The maximum Gasteiger partial charge on any atom is 0.137 e. The van der Waals surface area contributed by atoms with Gasteiger partial charge in [0.1, 0.15) is 11.5 Å². The van der Waals surface area contributed by atoms with Gasteiger partial charge >= 0.3 is 0 Å². The van der Waals surface area contributed by atoms with E-state index in [1.165, 1.54) is 0 Å². The van der Waals surface area contributed by atoms with Crippen LogP contribution in [0.5, 0.6) is 11.5 Å². The number of rotatable bonds is 5. The molecule has 0 fully saturated rings. The maximum atomic E-state index is 5.50. The Morgan fingerprint density at radius 2 is 2.00 bits per heavy atom. The quantitative estimate of drug-likeness (QED) is 0.803. The van der Waals surface area contributed by atoms with Gasteiger partial charge in [0.05, 0.1) is 17.7 Å². The molecule has 0 saturated heterocycles. The maximum absolute atomic E-state index is 5.50. The summed E-state index contributed by atoms with van der Waals surface area (Å²) in [6, 6.07) is 5.78. The molecule has 78 valence electrons. The fraction of sp³-hybridized carbons (Fsp3) is 0.455. The van der Waals surface area contributed by atoms with Gasteiger partial charge in [-0.2, -0.15) is 0 Å². The zero-order chi connectivity index (χ0) is 10.4. The van der Waals surface area contributed by atoms with Crippen LogP contribution >= 0.6 is 15.9 Å². The van der Waals surface area contributed by atoms with E-state index in [1.54, 1.807) is 0 Å². The highest BCUT2D eigenvalue weighted by Crippen LogP contribution is 2.29. The van der Waals surface area contributed by atoms with E-state index in [4.69, 9.17) is 9.47 Å². The minimum absolute atomic E-state index is 0.663. The number of ether oxygens (including phenoxy) is 2. The van der Waals surface area contributed by atoms with Crippen LogP contribution in [0.2, 0.25) is 0 Å². The third-order valence-corrected chi connectivity index (χ3v) is 2.33. The topological polar surface area (TPSA) is 18.5 Å². The first-order valence-corrected chi connectivity index (χ1v) is 5.62. The van der Waals surface area contributed by atoms with Crippen molar-refractivity contribution in [1.29, 1.82) is 0 Å². The molecule has 0 atom stereocenters. The highest BCUT2D eigenvalue weighted by atomic mass is 79.9. The fourth-order valence-electron chi connectivity index (χ4n) is 1.06. The molecule has 3 heteroatoms. The van der Waals surface area contributed by atoms with E-state index in [0.29, 0.717) is 6.61 Å². The molecule has 1 aromatic carbocycles. The van der Waals surface area contributed by atoms with Gasteiger partial charge in [-0.25, -0.2) is 0 Å². The molecule has 0 radical (unpaired) electrons. The Balaban J connectivity index is 2.72. The van der Waals surface area contributed by atoms with Crippen LogP contribution in [-0.4, -0.2) is 13.2 Å². The first-order chi connectivity index (χ1) is 6.77. The van der Waals surface area contributed by atoms with E-state index in [9.17, 15) is 0 Å². The average Bonchev–Trinajstić information content (AvgIpc) is 2.19. The van der Waals surface area contributed by atoms with E-state index in [1.807, 2.05) is 25.1 Å². The van der Waals surface area contributed by atoms with Crippen LogP contribution in [0.15, 0.2) is 22.7 Å². The molecule has 2 nitrogen and oxygen atoms in total. The molecule has 0 spiro atoms. The lowest BCUT2D eigenvalue weighted by Crippen LogP contribution is -1.97. The van der Waals surface area contributed by atoms with Crippen LogP contribution in [0.4, 0.5) is 0 Å². The van der Waals surface area contributed by atoms with Gasteiger partial charge in [0.2, 0.25) is 0 Å². The first-order valence-electron chi connectivity index (χ1n) is 4.83. The predicted molar refractivity (Wildman–Crippen MR) is 61.1 cm³/mol. The average molecular weight is 259 g/mol. The minimum Gasteiger partial charge on any atom is -0.493 e. The molecule has 0 N–H and O–H groups in total. The van der Waals surface area contributed by atoms with Crippen molar-refractivity contribution in [2.24, 2.45) is 0 Å². The van der Waals surface area contributed by atoms with Crippen molar-refractivity contribution in [3.63, 3.8) is 0 Å². The van der Waals surface area contributed by atoms with Crippen LogP contribution in [-0.2, 0) is 0 Å². The Kier molecular flexibility index (Phi) is 4.80. The molecule has 14 heavy (non-hydrogen) atoms. The van der Waals surface area contributed by atoms with Gasteiger partial charge in [-0.15, -0.1) is 0 Å². The molecular formula is C11H15BrO2. The molecule has 0 aliphatic heterocycles. The van der Waals surface area contributed by atoms with Crippen molar-refractivity contribution in [2.75, 3.05) is 13.2 Å². The second kappa shape index (κ2) is 5.91. The van der Waals surface area contributed by atoms with E-state index < -0.39 is 0 Å². The molecule has 0 amide bonds. The zero-order valence-corrected chi connectivity index (χ0v) is 10.1. The molecular weight excluding hydrogens is 244 g/mol. The Morgan fingerprint density at radius 1 is 1.21 bits per heavy atom. The molecule has 0 saturated carbocycles. The Labute approximate surface area is 93.4 Å². The first kappa shape index (κ1) is 11.4. The van der Waals surface area contributed by atoms with Gasteiger partial charge in [0.25, 0.3) is 0 Å². The summed E-state index contributed by atoms with van der Waals surface area (Å²) >= 11 is 3.42. The lowest BCUT2D eigenvalue weighted by atomic mass is 10.3. The molecule has 0 unspecified atom stereocenters. The number of benzene rings is 1. The summed E-state index contributed by atoms with van der Waals surface area (Å²) in [4.78, 5) is 0. The standard InChI is InChI=1S/C11H15BrO2/c1-3-7-14-9-5-6-10(12)11(8-9)13-4-2/h5-6,8H,3-4,7H2,1-2H3. The SMILES string of the molecule is CCCOc1ccc(Br)c(OCC)c1. The van der Waals surface area contributed by atoms with Crippen molar-refractivity contribution in [1.82, 2.24) is 0 Å². The van der Waals surface area contributed by atoms with Crippen molar-refractivity contribution < 1.29 is 9.47 Å². The van der Waals surface area contributed by atoms with E-state index in [0.717, 1.165) is 29.0 Å². The molecule has 0 aromatic heterocycles. The Morgan fingerprint density at radius 3 is 2.64 bits per heavy atom. The van der Waals surface area contributed by atoms with Crippen molar-refractivity contribution in [2.45, 2.75) is 20.3 Å². The predicted octanol–water partition coefficient (Wildman–Crippen LogP) is 3.64. The number of halogens is 1. The van der Waals surface area contributed by atoms with Crippen LogP contribution in [0.25, 0.3) is 0 Å². The van der Waals surface area contributed by atoms with E-state index >= 15 is 0 Å². The highest BCUT2D eigenvalue weighted by Gasteiger charge is 2.02. The second-order valence-corrected chi connectivity index (χ2v) is 3.73. The molecule has 1 aromatic rings. The summed E-state index contributed by atoms with van der Waals surface area (Å²) in [5.74, 6) is 1.69. The summed E-state index contributed by atoms with van der Waals surface area (Å²) in [5, 5.41) is 0. The molecule has 0 aliphatic carbocycles. The Hall–Kier alpha value is -0.700. The highest BCUT2D eigenvalue weighted by molar-refractivity contribution is 9.10. The molecule has 0 aliphatic rings. The molecule has 0 heterocycles. The largest absolute Gasteiger partial charge is 0.493 e. The van der Waals surface area contributed by atoms with Gasteiger partial charge in [-0.05, 0) is 41.4 Å².